The summed E-state index contributed by atoms with van der Waals surface area (Å²) in [5.74, 6) is 0.218. The van der Waals surface area contributed by atoms with Gasteiger partial charge in [-0.25, -0.2) is 9.37 Å². The van der Waals surface area contributed by atoms with Gasteiger partial charge in [0.05, 0.1) is 23.7 Å². The second-order valence-corrected chi connectivity index (χ2v) is 5.82. The van der Waals surface area contributed by atoms with Gasteiger partial charge in [0.25, 0.3) is 0 Å². The fourth-order valence-corrected chi connectivity index (χ4v) is 2.70. The number of hydrogen-bond donors (Lipinski definition) is 2. The van der Waals surface area contributed by atoms with Crippen molar-refractivity contribution in [2.24, 2.45) is 0 Å². The average Bonchev–Trinajstić information content (AvgIpc) is 2.97. The maximum absolute atomic E-state index is 13.3. The number of phenolic OH excluding ortho intramolecular Hbond substituents is 1. The standard InChI is InChI=1S/C17H11BrFN3O2/c1-24-16-5-9(12(18)7-15(16)23)4-10(8-20)17-21-13-3-2-11(19)6-14(13)22-17/h2-7,23H,1H3,(H,21,22)/b10-4-. The molecule has 0 bridgehead atoms. The zero-order chi connectivity index (χ0) is 17.3. The van der Waals surface area contributed by atoms with Gasteiger partial charge in [-0.2, -0.15) is 5.26 Å². The van der Waals surface area contributed by atoms with Crippen LogP contribution in [0, 0.1) is 17.1 Å². The van der Waals surface area contributed by atoms with Crippen LogP contribution in [-0.2, 0) is 0 Å². The summed E-state index contributed by atoms with van der Waals surface area (Å²) in [6.07, 6.45) is 1.60. The number of methoxy groups -OCH3 is 1. The number of rotatable bonds is 3. The smallest absolute Gasteiger partial charge is 0.161 e. The third kappa shape index (κ3) is 2.96. The fourth-order valence-electron chi connectivity index (χ4n) is 2.25. The van der Waals surface area contributed by atoms with Crippen LogP contribution in [0.1, 0.15) is 11.4 Å². The topological polar surface area (TPSA) is 81.9 Å². The Morgan fingerprint density at radius 3 is 2.92 bits per heavy atom. The third-order valence-electron chi connectivity index (χ3n) is 3.42. The number of nitriles is 1. The molecule has 0 aliphatic heterocycles. The SMILES string of the molecule is COc1cc(/C=C(/C#N)c2nc3ccc(F)cc3[nH]2)c(Br)cc1O. The monoisotopic (exact) mass is 387 g/mol. The van der Waals surface area contributed by atoms with Crippen LogP contribution in [0.3, 0.4) is 0 Å². The van der Waals surface area contributed by atoms with Crippen LogP contribution >= 0.6 is 15.9 Å². The van der Waals surface area contributed by atoms with Crippen molar-refractivity contribution in [1.82, 2.24) is 9.97 Å². The molecule has 5 nitrogen and oxygen atoms in total. The summed E-state index contributed by atoms with van der Waals surface area (Å²) in [6.45, 7) is 0. The number of nitrogens with one attached hydrogen (secondary N) is 1. The van der Waals surface area contributed by atoms with Gasteiger partial charge in [-0.1, -0.05) is 15.9 Å². The zero-order valence-corrected chi connectivity index (χ0v) is 14.1. The number of fused-ring (bicyclic) bond motifs is 1. The average molecular weight is 388 g/mol. The highest BCUT2D eigenvalue weighted by Crippen LogP contribution is 2.34. The highest BCUT2D eigenvalue weighted by atomic mass is 79.9. The zero-order valence-electron chi connectivity index (χ0n) is 12.5. The van der Waals surface area contributed by atoms with Crippen LogP contribution in [0.15, 0.2) is 34.8 Å². The second kappa shape index (κ2) is 6.34. The van der Waals surface area contributed by atoms with Gasteiger partial charge >= 0.3 is 0 Å². The quantitative estimate of drug-likeness (QED) is 0.658. The molecule has 7 heteroatoms. The molecular weight excluding hydrogens is 377 g/mol. The van der Waals surface area contributed by atoms with Gasteiger partial charge in [-0.05, 0) is 42.0 Å². The number of aromatic nitrogens is 2. The van der Waals surface area contributed by atoms with Crippen molar-refractivity contribution in [2.75, 3.05) is 7.11 Å². The second-order valence-electron chi connectivity index (χ2n) is 4.96. The Labute approximate surface area is 145 Å². The molecule has 0 spiro atoms. The summed E-state index contributed by atoms with van der Waals surface area (Å²) < 4.78 is 18.9. The van der Waals surface area contributed by atoms with E-state index in [1.165, 1.54) is 25.3 Å². The molecule has 0 amide bonds. The lowest BCUT2D eigenvalue weighted by Gasteiger charge is -2.06. The molecule has 0 unspecified atom stereocenters. The number of imidazole rings is 1. The summed E-state index contributed by atoms with van der Waals surface area (Å²) >= 11 is 3.34. The van der Waals surface area contributed by atoms with Crippen LogP contribution < -0.4 is 4.74 Å². The number of phenols is 1. The first-order valence-corrected chi connectivity index (χ1v) is 7.65. The van der Waals surface area contributed by atoms with Crippen LogP contribution in [0.2, 0.25) is 0 Å². The first-order chi connectivity index (χ1) is 11.5. The molecule has 2 N–H and O–H groups in total. The highest BCUT2D eigenvalue weighted by molar-refractivity contribution is 9.10. The molecule has 0 aliphatic rings. The number of aromatic hydroxyl groups is 1. The summed E-state index contributed by atoms with van der Waals surface area (Å²) in [5.41, 5.74) is 1.97. The Balaban J connectivity index is 2.10. The van der Waals surface area contributed by atoms with E-state index < -0.39 is 0 Å². The fraction of sp³-hybridized carbons (Fsp3) is 0.0588. The van der Waals surface area contributed by atoms with Gasteiger partial charge in [-0.3, -0.25) is 0 Å². The Morgan fingerprint density at radius 1 is 1.42 bits per heavy atom. The normalized spacial score (nSPS) is 11.5. The number of H-pyrrole nitrogens is 1. The van der Waals surface area contributed by atoms with E-state index in [1.807, 2.05) is 0 Å². The molecule has 0 fully saturated rings. The van der Waals surface area contributed by atoms with Crippen LogP contribution in [0.25, 0.3) is 22.7 Å². The van der Waals surface area contributed by atoms with Gasteiger partial charge in [-0.15, -0.1) is 0 Å². The molecule has 0 radical (unpaired) electrons. The highest BCUT2D eigenvalue weighted by Gasteiger charge is 2.12. The van der Waals surface area contributed by atoms with E-state index in [1.54, 1.807) is 18.2 Å². The molecular formula is C17H11BrFN3O2. The van der Waals surface area contributed by atoms with Gasteiger partial charge in [0.2, 0.25) is 0 Å². The lowest BCUT2D eigenvalue weighted by molar-refractivity contribution is 0.373. The van der Waals surface area contributed by atoms with Crippen molar-refractivity contribution in [3.05, 3.63) is 52.0 Å². The molecule has 3 aromatic rings. The van der Waals surface area contributed by atoms with Gasteiger partial charge < -0.3 is 14.8 Å². The molecule has 0 atom stereocenters. The number of allylic oxidation sites excluding steroid dienone is 1. The summed E-state index contributed by atoms with van der Waals surface area (Å²) in [7, 11) is 1.44. The molecule has 0 saturated heterocycles. The minimum atomic E-state index is -0.383. The Kier molecular flexibility index (Phi) is 4.23. The minimum Gasteiger partial charge on any atom is -0.504 e. The predicted molar refractivity (Wildman–Crippen MR) is 91.9 cm³/mol. The van der Waals surface area contributed by atoms with E-state index in [9.17, 15) is 14.8 Å². The van der Waals surface area contributed by atoms with Gasteiger partial charge in [0, 0.05) is 4.47 Å². The van der Waals surface area contributed by atoms with E-state index in [2.05, 4.69) is 32.0 Å². The summed E-state index contributed by atoms with van der Waals surface area (Å²) in [4.78, 5) is 7.23. The lowest BCUT2D eigenvalue weighted by atomic mass is 10.1. The minimum absolute atomic E-state index is 0.0146. The number of nitrogens with zero attached hydrogens (tertiary/aromatic N) is 2. The number of hydrogen-bond acceptors (Lipinski definition) is 4. The third-order valence-corrected chi connectivity index (χ3v) is 4.10. The molecule has 1 aromatic heterocycles. The maximum Gasteiger partial charge on any atom is 0.161 e. The maximum atomic E-state index is 13.3. The first kappa shape index (κ1) is 16.0. The van der Waals surface area contributed by atoms with Crippen molar-refractivity contribution >= 4 is 38.6 Å². The summed E-state index contributed by atoms with van der Waals surface area (Å²) in [5, 5.41) is 19.2. The van der Waals surface area contributed by atoms with Crippen molar-refractivity contribution < 1.29 is 14.2 Å². The van der Waals surface area contributed by atoms with Crippen LogP contribution in [-0.4, -0.2) is 22.2 Å². The largest absolute Gasteiger partial charge is 0.504 e. The van der Waals surface area contributed by atoms with Gasteiger partial charge in [0.1, 0.15) is 17.7 Å². The molecule has 0 aliphatic carbocycles. The summed E-state index contributed by atoms with van der Waals surface area (Å²) in [6, 6.07) is 9.32. The molecule has 0 saturated carbocycles. The number of ether oxygens (including phenoxy) is 1. The molecule has 120 valence electrons. The Bertz CT molecular complexity index is 1000. The molecule has 24 heavy (non-hydrogen) atoms. The van der Waals surface area contributed by atoms with Crippen LogP contribution in [0.4, 0.5) is 4.39 Å². The number of benzene rings is 2. The van der Waals surface area contributed by atoms with E-state index in [-0.39, 0.29) is 22.9 Å². The van der Waals surface area contributed by atoms with Crippen molar-refractivity contribution in [3.63, 3.8) is 0 Å². The van der Waals surface area contributed by atoms with E-state index >= 15 is 0 Å². The van der Waals surface area contributed by atoms with Crippen molar-refractivity contribution in [2.45, 2.75) is 0 Å². The van der Waals surface area contributed by atoms with E-state index in [4.69, 9.17) is 4.74 Å². The lowest BCUT2D eigenvalue weighted by Crippen LogP contribution is -1.88. The van der Waals surface area contributed by atoms with Crippen molar-refractivity contribution in [3.8, 4) is 17.6 Å². The molecule has 1 heterocycles. The number of aromatic amines is 1. The predicted octanol–water partition coefficient (Wildman–Crippen LogP) is 4.24. The Morgan fingerprint density at radius 2 is 2.21 bits per heavy atom. The Hall–Kier alpha value is -2.85. The molecule has 3 rings (SSSR count). The van der Waals surface area contributed by atoms with Crippen molar-refractivity contribution in [1.29, 1.82) is 5.26 Å². The van der Waals surface area contributed by atoms with Gasteiger partial charge in [0.15, 0.2) is 11.5 Å². The van der Waals surface area contributed by atoms with E-state index in [0.29, 0.717) is 26.9 Å². The van der Waals surface area contributed by atoms with Crippen LogP contribution in [0.5, 0.6) is 11.5 Å². The molecule has 2 aromatic carbocycles. The van der Waals surface area contributed by atoms with E-state index in [0.717, 1.165) is 0 Å². The first-order valence-electron chi connectivity index (χ1n) is 6.85. The number of halogens is 2.